The van der Waals surface area contributed by atoms with E-state index in [0.717, 1.165) is 11.1 Å². The van der Waals surface area contributed by atoms with Crippen LogP contribution in [-0.2, 0) is 21.4 Å². The number of aryl methyl sites for hydroxylation is 1. The fourth-order valence-electron chi connectivity index (χ4n) is 6.50. The molecule has 0 bridgehead atoms. The van der Waals surface area contributed by atoms with E-state index in [4.69, 9.17) is 21.3 Å². The van der Waals surface area contributed by atoms with Crippen molar-refractivity contribution in [2.24, 2.45) is 12.5 Å². The van der Waals surface area contributed by atoms with Crippen molar-refractivity contribution in [3.63, 3.8) is 0 Å². The molecule has 6 rings (SSSR count). The van der Waals surface area contributed by atoms with Crippen LogP contribution in [0.25, 0.3) is 5.57 Å². The molecule has 2 saturated heterocycles. The van der Waals surface area contributed by atoms with Crippen LogP contribution in [0.4, 0.5) is 16.3 Å². The summed E-state index contributed by atoms with van der Waals surface area (Å²) >= 11 is 0. The number of ether oxygens (including phenoxy) is 1. The molecule has 0 unspecified atom stereocenters. The zero-order chi connectivity index (χ0) is 33.3. The third-order valence-electron chi connectivity index (χ3n) is 9.20. The molecular formula is C33H38N10O4. The molecule has 244 valence electrons. The number of amides is 3. The first-order valence-corrected chi connectivity index (χ1v) is 15.5. The molecule has 0 aliphatic carbocycles. The molecule has 0 saturated carbocycles. The van der Waals surface area contributed by atoms with E-state index in [0.29, 0.717) is 80.3 Å². The second kappa shape index (κ2) is 12.8. The summed E-state index contributed by atoms with van der Waals surface area (Å²) in [5, 5.41) is 23.0. The van der Waals surface area contributed by atoms with Gasteiger partial charge in [-0.3, -0.25) is 34.9 Å². The maximum Gasteiger partial charge on any atom is 0.413 e. The van der Waals surface area contributed by atoms with Crippen molar-refractivity contribution < 1.29 is 19.1 Å². The van der Waals surface area contributed by atoms with Gasteiger partial charge in [0.1, 0.15) is 11.5 Å². The molecule has 14 heteroatoms. The molecule has 3 aromatic rings. The molecule has 2 fully saturated rings. The first-order valence-electron chi connectivity index (χ1n) is 15.5. The van der Waals surface area contributed by atoms with Gasteiger partial charge in [0.25, 0.3) is 0 Å². The summed E-state index contributed by atoms with van der Waals surface area (Å²) in [4.78, 5) is 48.7. The van der Waals surface area contributed by atoms with E-state index in [1.54, 1.807) is 53.3 Å². The number of nitrogen functional groups attached to an aromatic ring is 1. The second-order valence-electron chi connectivity index (χ2n) is 12.2. The first kappa shape index (κ1) is 31.6. The fourth-order valence-corrected chi connectivity index (χ4v) is 6.50. The van der Waals surface area contributed by atoms with Crippen molar-refractivity contribution in [1.82, 2.24) is 29.9 Å². The number of nitrogens with one attached hydrogen (secondary N) is 3. The highest BCUT2D eigenvalue weighted by Crippen LogP contribution is 2.42. The van der Waals surface area contributed by atoms with Gasteiger partial charge >= 0.3 is 6.09 Å². The maximum atomic E-state index is 13.8. The van der Waals surface area contributed by atoms with E-state index in [1.807, 2.05) is 17.0 Å². The molecule has 5 heterocycles. The Labute approximate surface area is 272 Å². The van der Waals surface area contributed by atoms with Gasteiger partial charge in [0.15, 0.2) is 0 Å². The number of carbonyl (C=O) groups excluding carboxylic acids is 3. The van der Waals surface area contributed by atoms with Gasteiger partial charge in [-0.05, 0) is 61.2 Å². The number of aromatic nitrogens is 3. The SMILES string of the molecule is CNC(=O)OC(=N)c1ccc(C2=CCN(C(=O)CN3CC[C@]4(CCN(c5ccc(N)c(C(=N)c6cnn(C)c6)n5)C4=O)C3)CC2)cc1. The third-order valence-corrected chi connectivity index (χ3v) is 9.20. The predicted molar refractivity (Wildman–Crippen MR) is 176 cm³/mol. The number of pyridine rings is 1. The summed E-state index contributed by atoms with van der Waals surface area (Å²) in [5.74, 6) is 0.277. The average Bonchev–Trinajstić information content (AvgIpc) is 3.79. The van der Waals surface area contributed by atoms with Crippen LogP contribution in [0.3, 0.4) is 0 Å². The molecule has 5 N–H and O–H groups in total. The van der Waals surface area contributed by atoms with Gasteiger partial charge in [-0.15, -0.1) is 0 Å². The Bertz CT molecular complexity index is 1780. The van der Waals surface area contributed by atoms with Gasteiger partial charge in [0, 0.05) is 57.6 Å². The molecule has 3 aliphatic rings. The molecular weight excluding hydrogens is 600 g/mol. The van der Waals surface area contributed by atoms with E-state index in [9.17, 15) is 14.4 Å². The number of hydrogen-bond acceptors (Lipinski definition) is 10. The van der Waals surface area contributed by atoms with Crippen LogP contribution in [-0.4, -0.2) is 100 Å². The Hall–Kier alpha value is -5.37. The minimum Gasteiger partial charge on any atom is -0.397 e. The van der Waals surface area contributed by atoms with E-state index in [2.05, 4.69) is 26.4 Å². The molecule has 2 aromatic heterocycles. The number of rotatable bonds is 7. The summed E-state index contributed by atoms with van der Waals surface area (Å²) in [6.07, 6.45) is 6.71. The minimum atomic E-state index is -0.690. The molecule has 1 aromatic carbocycles. The topological polar surface area (TPSA) is 187 Å². The van der Waals surface area contributed by atoms with E-state index < -0.39 is 11.5 Å². The highest BCUT2D eigenvalue weighted by atomic mass is 16.6. The average molecular weight is 639 g/mol. The Morgan fingerprint density at radius 2 is 1.83 bits per heavy atom. The van der Waals surface area contributed by atoms with Crippen molar-refractivity contribution in [1.29, 1.82) is 10.8 Å². The number of hydrogen-bond donors (Lipinski definition) is 4. The standard InChI is InChI=1S/C33H38N10O4/c1-37-32(46)47-30(36)23-5-3-21(4-6-23)22-9-13-42(14-10-22)27(44)19-41-15-11-33(20-41)12-16-43(31(33)45)26-8-7-25(34)29(39-26)28(35)24-17-38-40(2)18-24/h3-9,17-18,35-36H,10-16,19-20,34H2,1-2H3,(H,37,46)/t33-/m0/s1. The molecule has 47 heavy (non-hydrogen) atoms. The van der Waals surface area contributed by atoms with Crippen molar-refractivity contribution in [2.45, 2.75) is 19.3 Å². The van der Waals surface area contributed by atoms with Crippen LogP contribution in [0.1, 0.15) is 41.6 Å². The summed E-state index contributed by atoms with van der Waals surface area (Å²) in [5.41, 5.74) is 9.62. The van der Waals surface area contributed by atoms with Crippen LogP contribution >= 0.6 is 0 Å². The molecule has 1 atom stereocenters. The number of benzene rings is 1. The van der Waals surface area contributed by atoms with Gasteiger partial charge < -0.3 is 20.7 Å². The normalized spacial score (nSPS) is 19.6. The largest absolute Gasteiger partial charge is 0.413 e. The zero-order valence-electron chi connectivity index (χ0n) is 26.5. The van der Waals surface area contributed by atoms with Crippen LogP contribution in [0.5, 0.6) is 0 Å². The quantitative estimate of drug-likeness (QED) is 0.224. The maximum absolute atomic E-state index is 13.8. The van der Waals surface area contributed by atoms with Crippen molar-refractivity contribution in [3.05, 3.63) is 77.3 Å². The Morgan fingerprint density at radius 3 is 2.51 bits per heavy atom. The zero-order valence-corrected chi connectivity index (χ0v) is 26.5. The number of carbonyl (C=O) groups is 3. The molecule has 14 nitrogen and oxygen atoms in total. The smallest absolute Gasteiger partial charge is 0.397 e. The van der Waals surface area contributed by atoms with Crippen molar-refractivity contribution in [2.75, 3.05) is 56.9 Å². The minimum absolute atomic E-state index is 0.00419. The molecule has 1 spiro atoms. The Balaban J connectivity index is 1.04. The summed E-state index contributed by atoms with van der Waals surface area (Å²) < 4.78 is 6.50. The van der Waals surface area contributed by atoms with Gasteiger partial charge in [-0.1, -0.05) is 18.2 Å². The summed E-state index contributed by atoms with van der Waals surface area (Å²) in [6.45, 7) is 3.04. The highest BCUT2D eigenvalue weighted by molar-refractivity contribution is 6.12. The number of likely N-dealkylation sites (tertiary alicyclic amines) is 1. The highest BCUT2D eigenvalue weighted by Gasteiger charge is 2.51. The van der Waals surface area contributed by atoms with Crippen molar-refractivity contribution >= 4 is 46.6 Å². The third kappa shape index (κ3) is 6.36. The van der Waals surface area contributed by atoms with Crippen LogP contribution in [0.2, 0.25) is 0 Å². The van der Waals surface area contributed by atoms with E-state index in [-0.39, 0.29) is 30.0 Å². The summed E-state index contributed by atoms with van der Waals surface area (Å²) in [7, 11) is 3.21. The second-order valence-corrected chi connectivity index (χ2v) is 12.2. The van der Waals surface area contributed by atoms with Crippen LogP contribution < -0.4 is 16.0 Å². The van der Waals surface area contributed by atoms with E-state index in [1.165, 1.54) is 7.05 Å². The fraction of sp³-hybridized carbons (Fsp3) is 0.364. The lowest BCUT2D eigenvalue weighted by Crippen LogP contribution is -2.43. The lowest BCUT2D eigenvalue weighted by molar-refractivity contribution is -0.132. The first-order chi connectivity index (χ1) is 22.6. The molecule has 3 amide bonds. The van der Waals surface area contributed by atoms with Gasteiger partial charge in [0.05, 0.1) is 29.6 Å². The van der Waals surface area contributed by atoms with Crippen molar-refractivity contribution in [3.8, 4) is 0 Å². The number of anilines is 2. The van der Waals surface area contributed by atoms with Crippen LogP contribution in [0.15, 0.2) is 54.9 Å². The van der Waals surface area contributed by atoms with Gasteiger partial charge in [-0.25, -0.2) is 9.78 Å². The molecule has 0 radical (unpaired) electrons. The Morgan fingerprint density at radius 1 is 1.06 bits per heavy atom. The van der Waals surface area contributed by atoms with E-state index >= 15 is 0 Å². The van der Waals surface area contributed by atoms with Gasteiger partial charge in [-0.2, -0.15) is 5.10 Å². The van der Waals surface area contributed by atoms with Crippen LogP contribution in [0, 0.1) is 16.2 Å². The number of nitrogens with two attached hydrogens (primary N) is 1. The number of alkyl carbamates (subject to hydrolysis) is 1. The predicted octanol–water partition coefficient (Wildman–Crippen LogP) is 2.24. The summed E-state index contributed by atoms with van der Waals surface area (Å²) in [6, 6.07) is 10.7. The molecule has 3 aliphatic heterocycles. The van der Waals surface area contributed by atoms with Gasteiger partial charge in [0.2, 0.25) is 17.7 Å². The lowest BCUT2D eigenvalue weighted by Gasteiger charge is -2.29. The lowest BCUT2D eigenvalue weighted by atomic mass is 9.85. The number of nitrogens with zero attached hydrogens (tertiary/aromatic N) is 6. The monoisotopic (exact) mass is 638 g/mol. The Kier molecular flexibility index (Phi) is 8.60.